The monoisotopic (exact) mass is 236 g/mol. The second-order valence-corrected chi connectivity index (χ2v) is 6.22. The number of carbonyl (C=O) groups excluding carboxylic acids is 1. The molecule has 0 bridgehead atoms. The largest absolute Gasteiger partial charge is 0.356 e. The molecule has 0 spiro atoms. The van der Waals surface area contributed by atoms with Gasteiger partial charge < -0.3 is 11.1 Å². The molecule has 0 radical (unpaired) electrons. The van der Waals surface area contributed by atoms with E-state index in [1.165, 1.54) is 38.5 Å². The highest BCUT2D eigenvalue weighted by Crippen LogP contribution is 2.57. The van der Waals surface area contributed by atoms with Gasteiger partial charge in [0.1, 0.15) is 0 Å². The fraction of sp³-hybridized carbons (Fsp3) is 0.929. The zero-order valence-electron chi connectivity index (χ0n) is 10.5. The van der Waals surface area contributed by atoms with Crippen molar-refractivity contribution in [2.75, 3.05) is 13.1 Å². The Bertz CT molecular complexity index is 295. The van der Waals surface area contributed by atoms with Crippen LogP contribution in [0.25, 0.3) is 0 Å². The van der Waals surface area contributed by atoms with Crippen LogP contribution < -0.4 is 11.1 Å². The number of hydrogen-bond donors (Lipinski definition) is 2. The number of fused-ring (bicyclic) bond motifs is 1. The Hall–Kier alpha value is -0.570. The van der Waals surface area contributed by atoms with Gasteiger partial charge in [-0.2, -0.15) is 0 Å². The van der Waals surface area contributed by atoms with E-state index in [9.17, 15) is 4.79 Å². The number of rotatable bonds is 4. The molecular weight excluding hydrogens is 212 g/mol. The first-order valence-electron chi connectivity index (χ1n) is 7.29. The molecule has 3 saturated carbocycles. The quantitative estimate of drug-likeness (QED) is 0.777. The Balaban J connectivity index is 1.44. The summed E-state index contributed by atoms with van der Waals surface area (Å²) >= 11 is 0. The van der Waals surface area contributed by atoms with E-state index in [4.69, 9.17) is 5.73 Å². The van der Waals surface area contributed by atoms with Crippen molar-refractivity contribution in [1.82, 2.24) is 5.32 Å². The van der Waals surface area contributed by atoms with Crippen molar-refractivity contribution in [3.63, 3.8) is 0 Å². The first-order chi connectivity index (χ1) is 8.31. The second kappa shape index (κ2) is 4.60. The second-order valence-electron chi connectivity index (χ2n) is 6.22. The minimum atomic E-state index is 0.336. The van der Waals surface area contributed by atoms with E-state index >= 15 is 0 Å². The van der Waals surface area contributed by atoms with Gasteiger partial charge in [-0.3, -0.25) is 4.79 Å². The average molecular weight is 236 g/mol. The molecule has 4 unspecified atom stereocenters. The van der Waals surface area contributed by atoms with Gasteiger partial charge in [0.15, 0.2) is 0 Å². The topological polar surface area (TPSA) is 55.1 Å². The van der Waals surface area contributed by atoms with Gasteiger partial charge in [-0.15, -0.1) is 0 Å². The van der Waals surface area contributed by atoms with Gasteiger partial charge in [0.2, 0.25) is 5.91 Å². The molecule has 0 aliphatic heterocycles. The smallest absolute Gasteiger partial charge is 0.223 e. The van der Waals surface area contributed by atoms with E-state index in [0.717, 1.165) is 24.9 Å². The molecule has 4 atom stereocenters. The van der Waals surface area contributed by atoms with Gasteiger partial charge in [-0.05, 0) is 55.9 Å². The summed E-state index contributed by atoms with van der Waals surface area (Å²) < 4.78 is 0. The number of carbonyl (C=O) groups is 1. The van der Waals surface area contributed by atoms with E-state index in [1.54, 1.807) is 0 Å². The number of nitrogens with one attached hydrogen (secondary N) is 1. The molecule has 3 fully saturated rings. The van der Waals surface area contributed by atoms with Gasteiger partial charge in [0.05, 0.1) is 0 Å². The van der Waals surface area contributed by atoms with E-state index in [0.29, 0.717) is 23.7 Å². The van der Waals surface area contributed by atoms with E-state index in [-0.39, 0.29) is 0 Å². The molecule has 3 heteroatoms. The van der Waals surface area contributed by atoms with E-state index in [2.05, 4.69) is 5.32 Å². The number of amides is 1. The first kappa shape index (κ1) is 11.5. The predicted molar refractivity (Wildman–Crippen MR) is 67.2 cm³/mol. The van der Waals surface area contributed by atoms with E-state index < -0.39 is 0 Å². The molecule has 0 aromatic carbocycles. The lowest BCUT2D eigenvalue weighted by molar-refractivity contribution is -0.123. The van der Waals surface area contributed by atoms with Crippen LogP contribution in [-0.4, -0.2) is 19.0 Å². The highest BCUT2D eigenvalue weighted by atomic mass is 16.2. The van der Waals surface area contributed by atoms with Gasteiger partial charge in [0, 0.05) is 12.5 Å². The van der Waals surface area contributed by atoms with Crippen molar-refractivity contribution < 1.29 is 4.79 Å². The third-order valence-electron chi connectivity index (χ3n) is 5.37. The fourth-order valence-corrected chi connectivity index (χ4v) is 4.25. The molecule has 1 amide bonds. The van der Waals surface area contributed by atoms with Crippen molar-refractivity contribution in [3.05, 3.63) is 0 Å². The summed E-state index contributed by atoms with van der Waals surface area (Å²) in [4.78, 5) is 12.0. The van der Waals surface area contributed by atoms with Crippen molar-refractivity contribution in [2.24, 2.45) is 35.3 Å². The van der Waals surface area contributed by atoms with Crippen LogP contribution in [0.2, 0.25) is 0 Å². The van der Waals surface area contributed by atoms with E-state index in [1.807, 2.05) is 0 Å². The Morgan fingerprint density at radius 2 is 1.71 bits per heavy atom. The molecule has 17 heavy (non-hydrogen) atoms. The van der Waals surface area contributed by atoms with Crippen LogP contribution in [0, 0.1) is 29.6 Å². The van der Waals surface area contributed by atoms with Crippen LogP contribution in [0.4, 0.5) is 0 Å². The summed E-state index contributed by atoms with van der Waals surface area (Å²) in [6.07, 6.45) is 7.72. The SMILES string of the molecule is NCC1CCCC1CNC(=O)C1C2CCCC21. The molecule has 0 aromatic heterocycles. The van der Waals surface area contributed by atoms with Gasteiger partial charge >= 0.3 is 0 Å². The minimum Gasteiger partial charge on any atom is -0.356 e. The average Bonchev–Trinajstić information content (AvgIpc) is 2.75. The number of hydrogen-bond acceptors (Lipinski definition) is 2. The Morgan fingerprint density at radius 3 is 2.41 bits per heavy atom. The Labute approximate surface area is 104 Å². The molecule has 3 aliphatic carbocycles. The highest BCUT2D eigenvalue weighted by Gasteiger charge is 2.56. The summed E-state index contributed by atoms with van der Waals surface area (Å²) in [5.74, 6) is 3.48. The summed E-state index contributed by atoms with van der Waals surface area (Å²) in [6, 6.07) is 0. The molecule has 3 aliphatic rings. The normalized spacial score (nSPS) is 43.5. The summed E-state index contributed by atoms with van der Waals surface area (Å²) in [7, 11) is 0. The van der Waals surface area contributed by atoms with Gasteiger partial charge in [0.25, 0.3) is 0 Å². The molecule has 0 aromatic rings. The predicted octanol–water partition coefficient (Wildman–Crippen LogP) is 1.52. The van der Waals surface area contributed by atoms with Crippen LogP contribution in [-0.2, 0) is 4.79 Å². The van der Waals surface area contributed by atoms with Crippen molar-refractivity contribution in [3.8, 4) is 0 Å². The lowest BCUT2D eigenvalue weighted by Crippen LogP contribution is -2.34. The lowest BCUT2D eigenvalue weighted by atomic mass is 9.96. The van der Waals surface area contributed by atoms with Gasteiger partial charge in [-0.1, -0.05) is 12.8 Å². The summed E-state index contributed by atoms with van der Waals surface area (Å²) in [5.41, 5.74) is 5.76. The van der Waals surface area contributed by atoms with Crippen LogP contribution in [0.3, 0.4) is 0 Å². The molecule has 3 nitrogen and oxygen atoms in total. The minimum absolute atomic E-state index is 0.336. The third kappa shape index (κ3) is 2.10. The Kier molecular flexibility index (Phi) is 3.12. The number of nitrogens with two attached hydrogens (primary N) is 1. The van der Waals surface area contributed by atoms with Crippen molar-refractivity contribution in [2.45, 2.75) is 38.5 Å². The molecule has 3 rings (SSSR count). The fourth-order valence-electron chi connectivity index (χ4n) is 4.25. The van der Waals surface area contributed by atoms with Crippen LogP contribution in [0.15, 0.2) is 0 Å². The standard InChI is InChI=1S/C14H24N2O/c15-7-9-3-1-4-10(9)8-16-14(17)13-11-5-2-6-12(11)13/h9-13H,1-8,15H2,(H,16,17). The Morgan fingerprint density at radius 1 is 1.06 bits per heavy atom. The van der Waals surface area contributed by atoms with Crippen LogP contribution >= 0.6 is 0 Å². The highest BCUT2D eigenvalue weighted by molar-refractivity contribution is 5.82. The maximum Gasteiger partial charge on any atom is 0.223 e. The zero-order chi connectivity index (χ0) is 11.8. The first-order valence-corrected chi connectivity index (χ1v) is 7.29. The van der Waals surface area contributed by atoms with Crippen molar-refractivity contribution >= 4 is 5.91 Å². The van der Waals surface area contributed by atoms with Crippen LogP contribution in [0.5, 0.6) is 0 Å². The summed E-state index contributed by atoms with van der Waals surface area (Å²) in [5, 5.41) is 3.18. The summed E-state index contributed by atoms with van der Waals surface area (Å²) in [6.45, 7) is 1.66. The maximum absolute atomic E-state index is 12.0. The molecule has 0 saturated heterocycles. The van der Waals surface area contributed by atoms with Crippen LogP contribution in [0.1, 0.15) is 38.5 Å². The molecule has 0 heterocycles. The van der Waals surface area contributed by atoms with Gasteiger partial charge in [-0.25, -0.2) is 0 Å². The van der Waals surface area contributed by atoms with Crippen molar-refractivity contribution in [1.29, 1.82) is 0 Å². The molecule has 96 valence electrons. The lowest BCUT2D eigenvalue weighted by Gasteiger charge is -2.18. The molecule has 3 N–H and O–H groups in total. The molecular formula is C14H24N2O. The maximum atomic E-state index is 12.0. The third-order valence-corrected chi connectivity index (χ3v) is 5.37. The zero-order valence-corrected chi connectivity index (χ0v) is 10.5.